The van der Waals surface area contributed by atoms with Crippen molar-refractivity contribution in [2.24, 2.45) is 0 Å². The molecule has 0 aliphatic carbocycles. The Hall–Kier alpha value is -3.39. The number of benzene rings is 1. The minimum atomic E-state index is -0.734. The summed E-state index contributed by atoms with van der Waals surface area (Å²) in [7, 11) is 6.88. The predicted molar refractivity (Wildman–Crippen MR) is 116 cm³/mol. The number of nitrogens with zero attached hydrogens (tertiary/aromatic N) is 3. The van der Waals surface area contributed by atoms with Gasteiger partial charge in [0.25, 0.3) is 11.7 Å². The fraction of sp³-hybridized carbons (Fsp3) is 0.348. The standard InChI is InChI=1S/C23H27N3O5/c1-25(2)11-6-12-26-20(15-7-5-10-24-14-15)19(22(28)23(26)29)21(27)17-9-8-16(30-3)13-18(17)31-4/h5,7-10,13-14,20,27H,6,11-12H2,1-4H3/b21-19+/t20-/m0/s1. The van der Waals surface area contributed by atoms with E-state index in [1.54, 1.807) is 42.7 Å². The highest BCUT2D eigenvalue weighted by molar-refractivity contribution is 6.46. The minimum absolute atomic E-state index is 0.0197. The molecule has 1 aliphatic rings. The van der Waals surface area contributed by atoms with Crippen molar-refractivity contribution in [2.45, 2.75) is 12.5 Å². The predicted octanol–water partition coefficient (Wildman–Crippen LogP) is 2.47. The molecule has 0 radical (unpaired) electrons. The third-order valence-corrected chi connectivity index (χ3v) is 5.21. The van der Waals surface area contributed by atoms with Crippen LogP contribution in [-0.2, 0) is 9.59 Å². The molecule has 2 aromatic rings. The Labute approximate surface area is 181 Å². The van der Waals surface area contributed by atoms with Gasteiger partial charge in [0.15, 0.2) is 0 Å². The van der Waals surface area contributed by atoms with E-state index in [0.717, 1.165) is 6.54 Å². The maximum atomic E-state index is 13.0. The van der Waals surface area contributed by atoms with E-state index in [-0.39, 0.29) is 11.3 Å². The highest BCUT2D eigenvalue weighted by Gasteiger charge is 2.46. The van der Waals surface area contributed by atoms with Gasteiger partial charge in [-0.25, -0.2) is 0 Å². The molecule has 1 fully saturated rings. The number of Topliss-reactive ketones (excluding diaryl/α,β-unsaturated/α-hetero) is 1. The van der Waals surface area contributed by atoms with Crippen molar-refractivity contribution in [1.82, 2.24) is 14.8 Å². The Morgan fingerprint density at radius 2 is 1.97 bits per heavy atom. The second-order valence-corrected chi connectivity index (χ2v) is 7.50. The monoisotopic (exact) mass is 425 g/mol. The van der Waals surface area contributed by atoms with Gasteiger partial charge in [-0.1, -0.05) is 6.07 Å². The first-order valence-electron chi connectivity index (χ1n) is 9.94. The number of ether oxygens (including phenoxy) is 2. The van der Waals surface area contributed by atoms with E-state index in [0.29, 0.717) is 35.6 Å². The average molecular weight is 425 g/mol. The number of methoxy groups -OCH3 is 2. The molecule has 0 spiro atoms. The maximum absolute atomic E-state index is 13.0. The molecule has 1 aromatic heterocycles. The molecule has 164 valence electrons. The summed E-state index contributed by atoms with van der Waals surface area (Å²) in [6.45, 7) is 1.13. The normalized spacial score (nSPS) is 18.0. The molecule has 8 nitrogen and oxygen atoms in total. The zero-order chi connectivity index (χ0) is 22.5. The van der Waals surface area contributed by atoms with Crippen LogP contribution in [0, 0.1) is 0 Å². The summed E-state index contributed by atoms with van der Waals surface area (Å²) in [5.41, 5.74) is 0.982. The number of hydrogen-bond donors (Lipinski definition) is 1. The van der Waals surface area contributed by atoms with Gasteiger partial charge < -0.3 is 24.4 Å². The van der Waals surface area contributed by atoms with E-state index in [2.05, 4.69) is 4.98 Å². The van der Waals surface area contributed by atoms with Crippen LogP contribution in [0.3, 0.4) is 0 Å². The summed E-state index contributed by atoms with van der Waals surface area (Å²) in [6, 6.07) is 7.67. The van der Waals surface area contributed by atoms with Gasteiger partial charge >= 0.3 is 0 Å². The van der Waals surface area contributed by atoms with Gasteiger partial charge in [0.2, 0.25) is 0 Å². The van der Waals surface area contributed by atoms with Gasteiger partial charge in [-0.05, 0) is 50.8 Å². The van der Waals surface area contributed by atoms with E-state index in [1.165, 1.54) is 19.1 Å². The zero-order valence-corrected chi connectivity index (χ0v) is 18.2. The molecular weight excluding hydrogens is 398 g/mol. The summed E-state index contributed by atoms with van der Waals surface area (Å²) in [5.74, 6) is -0.778. The van der Waals surface area contributed by atoms with Crippen molar-refractivity contribution >= 4 is 17.4 Å². The summed E-state index contributed by atoms with van der Waals surface area (Å²) >= 11 is 0. The molecule has 1 atom stereocenters. The molecule has 31 heavy (non-hydrogen) atoms. The molecule has 1 aromatic carbocycles. The lowest BCUT2D eigenvalue weighted by Crippen LogP contribution is -2.32. The zero-order valence-electron chi connectivity index (χ0n) is 18.2. The first-order chi connectivity index (χ1) is 14.9. The van der Waals surface area contributed by atoms with Crippen LogP contribution in [0.25, 0.3) is 5.76 Å². The lowest BCUT2D eigenvalue weighted by Gasteiger charge is -2.25. The Bertz CT molecular complexity index is 988. The number of hydrogen-bond acceptors (Lipinski definition) is 7. The van der Waals surface area contributed by atoms with Gasteiger partial charge in [-0.15, -0.1) is 0 Å². The van der Waals surface area contributed by atoms with Crippen LogP contribution in [0.1, 0.15) is 23.6 Å². The molecular formula is C23H27N3O5. The quantitative estimate of drug-likeness (QED) is 0.395. The van der Waals surface area contributed by atoms with Crippen LogP contribution in [0.15, 0.2) is 48.3 Å². The summed E-state index contributed by atoms with van der Waals surface area (Å²) < 4.78 is 10.6. The third-order valence-electron chi connectivity index (χ3n) is 5.21. The second-order valence-electron chi connectivity index (χ2n) is 7.50. The third kappa shape index (κ3) is 4.54. The summed E-state index contributed by atoms with van der Waals surface area (Å²) in [6.07, 6.45) is 3.91. The SMILES string of the molecule is COc1ccc(/C(O)=C2\C(=O)C(=O)N(CCCN(C)C)[C@H]2c2cccnc2)c(OC)c1. The smallest absolute Gasteiger partial charge is 0.295 e. The number of aliphatic hydroxyl groups is 1. The number of pyridine rings is 1. The Balaban J connectivity index is 2.12. The molecule has 8 heteroatoms. The molecule has 1 N–H and O–H groups in total. The summed E-state index contributed by atoms with van der Waals surface area (Å²) in [5, 5.41) is 11.2. The van der Waals surface area contributed by atoms with Gasteiger partial charge in [-0.3, -0.25) is 14.6 Å². The number of aliphatic hydroxyl groups excluding tert-OH is 1. The maximum Gasteiger partial charge on any atom is 0.295 e. The van der Waals surface area contributed by atoms with E-state index < -0.39 is 17.7 Å². The molecule has 2 heterocycles. The number of aromatic nitrogens is 1. The van der Waals surface area contributed by atoms with E-state index in [4.69, 9.17) is 9.47 Å². The number of amides is 1. The molecule has 0 saturated carbocycles. The van der Waals surface area contributed by atoms with Crippen LogP contribution < -0.4 is 9.47 Å². The van der Waals surface area contributed by atoms with Gasteiger partial charge in [0.1, 0.15) is 17.3 Å². The van der Waals surface area contributed by atoms with E-state index in [9.17, 15) is 14.7 Å². The molecule has 0 bridgehead atoms. The van der Waals surface area contributed by atoms with Crippen LogP contribution >= 0.6 is 0 Å². The van der Waals surface area contributed by atoms with Crippen molar-refractivity contribution in [3.8, 4) is 11.5 Å². The lowest BCUT2D eigenvalue weighted by atomic mass is 9.96. The van der Waals surface area contributed by atoms with Gasteiger partial charge in [-0.2, -0.15) is 0 Å². The Morgan fingerprint density at radius 3 is 2.58 bits per heavy atom. The fourth-order valence-electron chi connectivity index (χ4n) is 3.69. The minimum Gasteiger partial charge on any atom is -0.507 e. The number of carbonyl (C=O) groups excluding carboxylic acids is 2. The van der Waals surface area contributed by atoms with Crippen LogP contribution in [-0.4, -0.2) is 73.0 Å². The van der Waals surface area contributed by atoms with Crippen LogP contribution in [0.4, 0.5) is 0 Å². The topological polar surface area (TPSA) is 92.2 Å². The number of carbonyl (C=O) groups is 2. The van der Waals surface area contributed by atoms with E-state index in [1.807, 2.05) is 19.0 Å². The largest absolute Gasteiger partial charge is 0.507 e. The van der Waals surface area contributed by atoms with Crippen LogP contribution in [0.2, 0.25) is 0 Å². The van der Waals surface area contributed by atoms with Crippen molar-refractivity contribution in [1.29, 1.82) is 0 Å². The molecule has 1 amide bonds. The van der Waals surface area contributed by atoms with Crippen molar-refractivity contribution in [3.63, 3.8) is 0 Å². The summed E-state index contributed by atoms with van der Waals surface area (Å²) in [4.78, 5) is 33.6. The highest BCUT2D eigenvalue weighted by atomic mass is 16.5. The van der Waals surface area contributed by atoms with Crippen molar-refractivity contribution < 1.29 is 24.2 Å². The molecule has 3 rings (SSSR count). The van der Waals surface area contributed by atoms with Gasteiger partial charge in [0.05, 0.1) is 31.4 Å². The second kappa shape index (κ2) is 9.61. The van der Waals surface area contributed by atoms with Crippen molar-refractivity contribution in [2.75, 3.05) is 41.4 Å². The Morgan fingerprint density at radius 1 is 1.19 bits per heavy atom. The first kappa shape index (κ1) is 22.3. The number of ketones is 1. The van der Waals surface area contributed by atoms with Crippen LogP contribution in [0.5, 0.6) is 11.5 Å². The fourth-order valence-corrected chi connectivity index (χ4v) is 3.69. The van der Waals surface area contributed by atoms with Crippen molar-refractivity contribution in [3.05, 3.63) is 59.4 Å². The first-order valence-corrected chi connectivity index (χ1v) is 9.94. The average Bonchev–Trinajstić information content (AvgIpc) is 3.03. The molecule has 0 unspecified atom stereocenters. The highest BCUT2D eigenvalue weighted by Crippen LogP contribution is 2.41. The van der Waals surface area contributed by atoms with Gasteiger partial charge in [0, 0.05) is 25.0 Å². The molecule has 1 saturated heterocycles. The molecule has 1 aliphatic heterocycles. The van der Waals surface area contributed by atoms with E-state index >= 15 is 0 Å². The number of rotatable bonds is 8. The Kier molecular flexibility index (Phi) is 6.91. The number of likely N-dealkylation sites (tertiary alicyclic amines) is 1. The lowest BCUT2D eigenvalue weighted by molar-refractivity contribution is -0.139.